The minimum Gasteiger partial charge on any atom is -0.480 e. The van der Waals surface area contributed by atoms with Crippen LogP contribution in [0.3, 0.4) is 0 Å². The normalized spacial score (nSPS) is 13.1. The number of fused-ring (bicyclic) bond motifs is 1. The molecule has 1 heterocycles. The molecular formula is C14H15N3O3S. The summed E-state index contributed by atoms with van der Waals surface area (Å²) >= 11 is 1.17. The highest BCUT2D eigenvalue weighted by atomic mass is 32.2. The molecule has 0 aliphatic heterocycles. The van der Waals surface area contributed by atoms with Crippen molar-refractivity contribution in [1.82, 2.24) is 10.3 Å². The lowest BCUT2D eigenvalue weighted by Crippen LogP contribution is -2.30. The summed E-state index contributed by atoms with van der Waals surface area (Å²) in [5.74, 6) is -1.42. The van der Waals surface area contributed by atoms with Crippen LogP contribution in [0.15, 0.2) is 11.1 Å². The summed E-state index contributed by atoms with van der Waals surface area (Å²) in [6.07, 6.45) is 4.06. The molecule has 1 aromatic heterocycles. The number of hydrogen-bond acceptors (Lipinski definition) is 5. The molecule has 110 valence electrons. The number of nitrogens with zero attached hydrogens (tertiary/aromatic N) is 2. The molecule has 0 saturated heterocycles. The van der Waals surface area contributed by atoms with Crippen molar-refractivity contribution < 1.29 is 14.7 Å². The molecule has 7 heteroatoms. The maximum Gasteiger partial charge on any atom is 0.322 e. The van der Waals surface area contributed by atoms with Crippen LogP contribution in [-0.4, -0.2) is 34.3 Å². The Morgan fingerprint density at radius 2 is 2.19 bits per heavy atom. The second-order valence-electron chi connectivity index (χ2n) is 4.72. The smallest absolute Gasteiger partial charge is 0.322 e. The van der Waals surface area contributed by atoms with E-state index in [9.17, 15) is 14.9 Å². The van der Waals surface area contributed by atoms with Crippen LogP contribution in [0.25, 0.3) is 0 Å². The number of carbonyl (C=O) groups is 2. The highest BCUT2D eigenvalue weighted by Gasteiger charge is 2.16. The van der Waals surface area contributed by atoms with Crippen LogP contribution >= 0.6 is 11.8 Å². The third-order valence-electron chi connectivity index (χ3n) is 3.16. The molecule has 0 spiro atoms. The van der Waals surface area contributed by atoms with Gasteiger partial charge in [-0.1, -0.05) is 11.8 Å². The number of aliphatic carboxylic acids is 1. The standard InChI is InChI=1S/C14H15N3O3S/c15-6-10-5-9-3-1-2-4-11(9)17-14(10)21-8-12(18)16-7-13(19)20/h5H,1-4,7-8H2,(H,16,18)(H,19,20). The van der Waals surface area contributed by atoms with Crippen molar-refractivity contribution in [3.8, 4) is 6.07 Å². The van der Waals surface area contributed by atoms with Gasteiger partial charge < -0.3 is 10.4 Å². The fraction of sp³-hybridized carbons (Fsp3) is 0.429. The summed E-state index contributed by atoms with van der Waals surface area (Å²) < 4.78 is 0. The number of aromatic nitrogens is 1. The molecule has 0 saturated carbocycles. The summed E-state index contributed by atoms with van der Waals surface area (Å²) in [6.45, 7) is -0.401. The Balaban J connectivity index is 2.04. The maximum absolute atomic E-state index is 11.5. The van der Waals surface area contributed by atoms with Gasteiger partial charge in [-0.3, -0.25) is 9.59 Å². The van der Waals surface area contributed by atoms with Gasteiger partial charge in [0.15, 0.2) is 0 Å². The number of nitrogens with one attached hydrogen (secondary N) is 1. The van der Waals surface area contributed by atoms with E-state index in [1.807, 2.05) is 6.07 Å². The van der Waals surface area contributed by atoms with Gasteiger partial charge in [-0.15, -0.1) is 0 Å². The highest BCUT2D eigenvalue weighted by Crippen LogP contribution is 2.27. The third kappa shape index (κ3) is 4.20. The monoisotopic (exact) mass is 305 g/mol. The van der Waals surface area contributed by atoms with Crippen molar-refractivity contribution in [1.29, 1.82) is 5.26 Å². The lowest BCUT2D eigenvalue weighted by molar-refractivity contribution is -0.137. The number of carbonyl (C=O) groups excluding carboxylic acids is 1. The number of rotatable bonds is 5. The molecule has 2 N–H and O–H groups in total. The number of carboxylic acid groups (broad SMARTS) is 1. The summed E-state index contributed by atoms with van der Waals surface area (Å²) in [5, 5.41) is 20.5. The summed E-state index contributed by atoms with van der Waals surface area (Å²) in [5.41, 5.74) is 2.61. The van der Waals surface area contributed by atoms with Gasteiger partial charge in [-0.2, -0.15) is 5.26 Å². The van der Waals surface area contributed by atoms with Crippen LogP contribution in [0.1, 0.15) is 29.7 Å². The van der Waals surface area contributed by atoms with Gasteiger partial charge >= 0.3 is 5.97 Å². The molecule has 0 unspecified atom stereocenters. The molecule has 0 bridgehead atoms. The van der Waals surface area contributed by atoms with E-state index in [1.54, 1.807) is 0 Å². The molecule has 2 rings (SSSR count). The average molecular weight is 305 g/mol. The first kappa shape index (κ1) is 15.3. The van der Waals surface area contributed by atoms with Gasteiger partial charge in [0.05, 0.1) is 11.3 Å². The highest BCUT2D eigenvalue weighted by molar-refractivity contribution is 8.00. The largest absolute Gasteiger partial charge is 0.480 e. The third-order valence-corrected chi connectivity index (χ3v) is 4.15. The Morgan fingerprint density at radius 1 is 1.43 bits per heavy atom. The van der Waals surface area contributed by atoms with E-state index < -0.39 is 12.5 Å². The minimum atomic E-state index is -1.09. The van der Waals surface area contributed by atoms with Gasteiger partial charge in [0.25, 0.3) is 0 Å². The zero-order valence-corrected chi connectivity index (χ0v) is 12.2. The zero-order valence-electron chi connectivity index (χ0n) is 11.4. The fourth-order valence-electron chi connectivity index (χ4n) is 2.16. The number of aryl methyl sites for hydroxylation is 2. The molecule has 0 atom stereocenters. The molecular weight excluding hydrogens is 290 g/mol. The van der Waals surface area contributed by atoms with Gasteiger partial charge in [0.2, 0.25) is 5.91 Å². The van der Waals surface area contributed by atoms with Crippen LogP contribution in [0, 0.1) is 11.3 Å². The number of thioether (sulfide) groups is 1. The van der Waals surface area contributed by atoms with Crippen LogP contribution in [0.5, 0.6) is 0 Å². The van der Waals surface area contributed by atoms with Crippen LogP contribution in [0.4, 0.5) is 0 Å². The fourth-order valence-corrected chi connectivity index (χ4v) is 2.97. The maximum atomic E-state index is 11.5. The summed E-state index contributed by atoms with van der Waals surface area (Å²) in [4.78, 5) is 26.4. The van der Waals surface area contributed by atoms with Crippen molar-refractivity contribution in [2.75, 3.05) is 12.3 Å². The Kier molecular flexibility index (Phi) is 5.17. The van der Waals surface area contributed by atoms with E-state index >= 15 is 0 Å². The van der Waals surface area contributed by atoms with Gasteiger partial charge in [0, 0.05) is 5.69 Å². The lowest BCUT2D eigenvalue weighted by Gasteiger charge is -2.16. The number of nitriles is 1. The minimum absolute atomic E-state index is 0.0494. The Labute approximate surface area is 126 Å². The topological polar surface area (TPSA) is 103 Å². The molecule has 0 radical (unpaired) electrons. The molecule has 0 fully saturated rings. The molecule has 1 aliphatic carbocycles. The quantitative estimate of drug-likeness (QED) is 0.790. The number of carboxylic acids is 1. The molecule has 21 heavy (non-hydrogen) atoms. The average Bonchev–Trinajstić information content (AvgIpc) is 2.49. The first-order valence-corrected chi connectivity index (χ1v) is 7.63. The van der Waals surface area contributed by atoms with E-state index in [1.165, 1.54) is 11.8 Å². The van der Waals surface area contributed by atoms with Crippen molar-refractivity contribution in [3.63, 3.8) is 0 Å². The molecule has 1 aliphatic rings. The lowest BCUT2D eigenvalue weighted by atomic mass is 9.95. The molecule has 1 aromatic rings. The Hall–Kier alpha value is -2.07. The van der Waals surface area contributed by atoms with Crippen molar-refractivity contribution >= 4 is 23.6 Å². The van der Waals surface area contributed by atoms with Crippen LogP contribution in [0.2, 0.25) is 0 Å². The molecule has 0 aromatic carbocycles. The summed E-state index contributed by atoms with van der Waals surface area (Å²) in [7, 11) is 0. The second-order valence-corrected chi connectivity index (χ2v) is 5.69. The summed E-state index contributed by atoms with van der Waals surface area (Å²) in [6, 6.07) is 3.97. The second kappa shape index (κ2) is 7.09. The molecule has 1 amide bonds. The van der Waals surface area contributed by atoms with Gasteiger partial charge in [-0.25, -0.2) is 4.98 Å². The Morgan fingerprint density at radius 3 is 2.90 bits per heavy atom. The van der Waals surface area contributed by atoms with Crippen molar-refractivity contribution in [2.45, 2.75) is 30.7 Å². The number of pyridine rings is 1. The van der Waals surface area contributed by atoms with Crippen molar-refractivity contribution in [3.05, 3.63) is 22.9 Å². The van der Waals surface area contributed by atoms with Crippen LogP contribution < -0.4 is 5.32 Å². The van der Waals surface area contributed by atoms with E-state index in [-0.39, 0.29) is 11.7 Å². The first-order valence-electron chi connectivity index (χ1n) is 6.64. The van der Waals surface area contributed by atoms with E-state index in [4.69, 9.17) is 5.11 Å². The predicted octanol–water partition coefficient (Wildman–Crippen LogP) is 1.12. The number of hydrogen-bond donors (Lipinski definition) is 2. The number of amides is 1. The predicted molar refractivity (Wildman–Crippen MR) is 77.0 cm³/mol. The van der Waals surface area contributed by atoms with Gasteiger partial charge in [-0.05, 0) is 37.3 Å². The Bertz CT molecular complexity index is 610. The van der Waals surface area contributed by atoms with Crippen LogP contribution in [-0.2, 0) is 22.4 Å². The molecule has 6 nitrogen and oxygen atoms in total. The van der Waals surface area contributed by atoms with E-state index in [0.717, 1.165) is 36.9 Å². The first-order chi connectivity index (χ1) is 10.1. The van der Waals surface area contributed by atoms with Gasteiger partial charge in [0.1, 0.15) is 17.6 Å². The van der Waals surface area contributed by atoms with E-state index in [2.05, 4.69) is 16.4 Å². The van der Waals surface area contributed by atoms with Crippen molar-refractivity contribution in [2.24, 2.45) is 0 Å². The SMILES string of the molecule is N#Cc1cc2c(nc1SCC(=O)NCC(=O)O)CCCC2. The van der Waals surface area contributed by atoms with E-state index in [0.29, 0.717) is 10.6 Å². The zero-order chi connectivity index (χ0) is 15.2.